The maximum Gasteiger partial charge on any atom is 0.417 e. The first-order chi connectivity index (χ1) is 12.2. The van der Waals surface area contributed by atoms with E-state index in [0.717, 1.165) is 12.1 Å². The van der Waals surface area contributed by atoms with Crippen LogP contribution >= 0.6 is 0 Å². The Morgan fingerprint density at radius 2 is 1.69 bits per heavy atom. The Morgan fingerprint density at radius 1 is 1.08 bits per heavy atom. The van der Waals surface area contributed by atoms with Gasteiger partial charge in [-0.25, -0.2) is 8.42 Å². The lowest BCUT2D eigenvalue weighted by atomic mass is 10.1. The third kappa shape index (κ3) is 4.42. The number of alkyl halides is 3. The number of benzene rings is 2. The van der Waals surface area contributed by atoms with Crippen LogP contribution in [0.2, 0.25) is 0 Å². The van der Waals surface area contributed by atoms with Crippen molar-refractivity contribution in [2.24, 2.45) is 0 Å². The van der Waals surface area contributed by atoms with Gasteiger partial charge in [-0.1, -0.05) is 30.3 Å². The van der Waals surface area contributed by atoms with Gasteiger partial charge in [0.2, 0.25) is 0 Å². The lowest BCUT2D eigenvalue weighted by Crippen LogP contribution is -2.25. The highest BCUT2D eigenvalue weighted by atomic mass is 32.2. The van der Waals surface area contributed by atoms with Crippen LogP contribution < -0.4 is 10.0 Å². The van der Waals surface area contributed by atoms with Crippen LogP contribution in [0.25, 0.3) is 0 Å². The van der Waals surface area contributed by atoms with Gasteiger partial charge in [0.05, 0.1) is 21.7 Å². The third-order valence-electron chi connectivity index (χ3n) is 3.30. The number of hydrogen-bond acceptors (Lipinski definition) is 3. The minimum atomic E-state index is -4.84. The van der Waals surface area contributed by atoms with Crippen LogP contribution in [0.4, 0.5) is 18.9 Å². The van der Waals surface area contributed by atoms with Gasteiger partial charge >= 0.3 is 6.18 Å². The number of carbonyl (C=O) groups excluding carboxylic acids is 1. The van der Waals surface area contributed by atoms with Gasteiger partial charge in [-0.3, -0.25) is 9.52 Å². The first kappa shape index (κ1) is 19.5. The minimum absolute atomic E-state index is 0.0255. The molecule has 138 valence electrons. The first-order valence-electron chi connectivity index (χ1n) is 7.34. The number of para-hydroxylation sites is 1. The topological polar surface area (TPSA) is 75.3 Å². The molecule has 0 heterocycles. The van der Waals surface area contributed by atoms with E-state index in [0.29, 0.717) is 6.07 Å². The molecular weight excluding hydrogens is 369 g/mol. The summed E-state index contributed by atoms with van der Waals surface area (Å²) in [5.41, 5.74) is -1.45. The number of anilines is 1. The smallest absolute Gasteiger partial charge is 0.349 e. The molecule has 0 aliphatic heterocycles. The summed E-state index contributed by atoms with van der Waals surface area (Å²) < 4.78 is 66.4. The molecule has 0 spiro atoms. The molecule has 2 aromatic carbocycles. The van der Waals surface area contributed by atoms with Gasteiger partial charge in [-0.15, -0.1) is 6.58 Å². The van der Waals surface area contributed by atoms with Crippen LogP contribution in [0.5, 0.6) is 0 Å². The Hall–Kier alpha value is -2.81. The summed E-state index contributed by atoms with van der Waals surface area (Å²) in [5.74, 6) is -0.590. The van der Waals surface area contributed by atoms with E-state index < -0.39 is 32.6 Å². The molecule has 0 saturated carbocycles. The van der Waals surface area contributed by atoms with E-state index >= 15 is 0 Å². The second kappa shape index (κ2) is 7.61. The van der Waals surface area contributed by atoms with Crippen molar-refractivity contribution in [3.63, 3.8) is 0 Å². The molecular formula is C17H15F3N2O3S. The average molecular weight is 384 g/mol. The van der Waals surface area contributed by atoms with Gasteiger partial charge in [0, 0.05) is 6.54 Å². The summed E-state index contributed by atoms with van der Waals surface area (Å²) in [6.07, 6.45) is -3.41. The largest absolute Gasteiger partial charge is 0.417 e. The molecule has 0 saturated heterocycles. The van der Waals surface area contributed by atoms with Crippen molar-refractivity contribution in [2.75, 3.05) is 11.3 Å². The molecule has 1 amide bonds. The normalized spacial score (nSPS) is 11.7. The van der Waals surface area contributed by atoms with Crippen LogP contribution in [-0.2, 0) is 16.2 Å². The van der Waals surface area contributed by atoms with E-state index in [1.54, 1.807) is 0 Å². The standard InChI is InChI=1S/C17H15F3N2O3S/c1-2-11-21-16(23)12-7-3-5-9-14(12)22-26(24,25)15-10-6-4-8-13(15)17(18,19)20/h2-10,22H,1,11H2,(H,21,23). The molecule has 0 aliphatic rings. The van der Waals surface area contributed by atoms with Crippen molar-refractivity contribution in [3.8, 4) is 0 Å². The van der Waals surface area contributed by atoms with Crippen LogP contribution in [0, 0.1) is 0 Å². The van der Waals surface area contributed by atoms with E-state index in [4.69, 9.17) is 0 Å². The summed E-state index contributed by atoms with van der Waals surface area (Å²) in [7, 11) is -4.57. The highest BCUT2D eigenvalue weighted by Gasteiger charge is 2.37. The molecule has 2 N–H and O–H groups in total. The summed E-state index contributed by atoms with van der Waals surface area (Å²) >= 11 is 0. The fraction of sp³-hybridized carbons (Fsp3) is 0.118. The Morgan fingerprint density at radius 3 is 2.35 bits per heavy atom. The Bertz CT molecular complexity index is 925. The van der Waals surface area contributed by atoms with Crippen LogP contribution in [0.3, 0.4) is 0 Å². The molecule has 2 aromatic rings. The predicted octanol–water partition coefficient (Wildman–Crippen LogP) is 3.42. The molecule has 0 aromatic heterocycles. The zero-order chi connectivity index (χ0) is 19.4. The Balaban J connectivity index is 2.44. The van der Waals surface area contributed by atoms with Crippen LogP contribution in [-0.4, -0.2) is 20.9 Å². The number of nitrogens with one attached hydrogen (secondary N) is 2. The quantitative estimate of drug-likeness (QED) is 0.750. The zero-order valence-corrected chi connectivity index (χ0v) is 14.2. The van der Waals surface area contributed by atoms with Crippen molar-refractivity contribution in [1.29, 1.82) is 0 Å². The van der Waals surface area contributed by atoms with Gasteiger partial charge < -0.3 is 5.32 Å². The zero-order valence-electron chi connectivity index (χ0n) is 13.4. The van der Waals surface area contributed by atoms with E-state index in [2.05, 4.69) is 16.6 Å². The van der Waals surface area contributed by atoms with Gasteiger partial charge in [0.25, 0.3) is 15.9 Å². The van der Waals surface area contributed by atoms with Crippen molar-refractivity contribution >= 4 is 21.6 Å². The summed E-state index contributed by atoms with van der Waals surface area (Å²) in [5, 5.41) is 2.48. The molecule has 0 radical (unpaired) electrons. The fourth-order valence-electron chi connectivity index (χ4n) is 2.17. The summed E-state index contributed by atoms with van der Waals surface area (Å²) in [6, 6.07) is 9.42. The minimum Gasteiger partial charge on any atom is -0.349 e. The van der Waals surface area contributed by atoms with Gasteiger partial charge in [-0.05, 0) is 24.3 Å². The van der Waals surface area contributed by atoms with Crippen molar-refractivity contribution < 1.29 is 26.4 Å². The molecule has 0 aliphatic carbocycles. The lowest BCUT2D eigenvalue weighted by molar-refractivity contribution is -0.139. The number of carbonyl (C=O) groups is 1. The fourth-order valence-corrected chi connectivity index (χ4v) is 3.47. The van der Waals surface area contributed by atoms with Crippen LogP contribution in [0.15, 0.2) is 66.1 Å². The maximum atomic E-state index is 13.1. The molecule has 2 rings (SSSR count). The molecule has 5 nitrogen and oxygen atoms in total. The molecule has 0 atom stereocenters. The summed E-state index contributed by atoms with van der Waals surface area (Å²) in [4.78, 5) is 11.2. The maximum absolute atomic E-state index is 13.1. The van der Waals surface area contributed by atoms with E-state index in [1.807, 2.05) is 0 Å². The van der Waals surface area contributed by atoms with Gasteiger partial charge in [0.1, 0.15) is 0 Å². The lowest BCUT2D eigenvalue weighted by Gasteiger charge is -2.16. The average Bonchev–Trinajstić information content (AvgIpc) is 2.59. The molecule has 9 heteroatoms. The van der Waals surface area contributed by atoms with E-state index in [9.17, 15) is 26.4 Å². The number of halogens is 3. The van der Waals surface area contributed by atoms with Crippen LogP contribution in [0.1, 0.15) is 15.9 Å². The molecule has 0 bridgehead atoms. The second-order valence-electron chi connectivity index (χ2n) is 5.14. The number of rotatable bonds is 6. The third-order valence-corrected chi connectivity index (χ3v) is 4.73. The molecule has 0 unspecified atom stereocenters. The first-order valence-corrected chi connectivity index (χ1v) is 8.82. The van der Waals surface area contributed by atoms with E-state index in [1.165, 1.54) is 36.4 Å². The number of sulfonamides is 1. The molecule has 0 fully saturated rings. The predicted molar refractivity (Wildman–Crippen MR) is 91.2 cm³/mol. The van der Waals surface area contributed by atoms with Gasteiger partial charge in [0.15, 0.2) is 0 Å². The van der Waals surface area contributed by atoms with E-state index in [-0.39, 0.29) is 17.8 Å². The summed E-state index contributed by atoms with van der Waals surface area (Å²) in [6.45, 7) is 3.60. The monoisotopic (exact) mass is 384 g/mol. The SMILES string of the molecule is C=CCNC(=O)c1ccccc1NS(=O)(=O)c1ccccc1C(F)(F)F. The number of amides is 1. The molecule has 26 heavy (non-hydrogen) atoms. The van der Waals surface area contributed by atoms with Crippen molar-refractivity contribution in [1.82, 2.24) is 5.32 Å². The van der Waals surface area contributed by atoms with Crippen molar-refractivity contribution in [2.45, 2.75) is 11.1 Å². The second-order valence-corrected chi connectivity index (χ2v) is 6.79. The highest BCUT2D eigenvalue weighted by molar-refractivity contribution is 7.92. The van der Waals surface area contributed by atoms with Crippen molar-refractivity contribution in [3.05, 3.63) is 72.3 Å². The Kier molecular flexibility index (Phi) is 5.71. The Labute approximate surface area is 148 Å². The highest BCUT2D eigenvalue weighted by Crippen LogP contribution is 2.34. The van der Waals surface area contributed by atoms with Gasteiger partial charge in [-0.2, -0.15) is 13.2 Å². The number of hydrogen-bond donors (Lipinski definition) is 2.